The van der Waals surface area contributed by atoms with E-state index in [9.17, 15) is 18.4 Å². The molecule has 0 spiro atoms. The van der Waals surface area contributed by atoms with Crippen molar-refractivity contribution in [3.8, 4) is 0 Å². The lowest BCUT2D eigenvalue weighted by Crippen LogP contribution is -2.40. The first-order valence-electron chi connectivity index (χ1n) is 9.86. The van der Waals surface area contributed by atoms with Crippen molar-refractivity contribution in [3.05, 3.63) is 81.6 Å². The fourth-order valence-corrected chi connectivity index (χ4v) is 4.08. The van der Waals surface area contributed by atoms with Gasteiger partial charge >= 0.3 is 0 Å². The third kappa shape index (κ3) is 4.36. The number of nitrogens with one attached hydrogen (secondary N) is 1. The minimum atomic E-state index is -0.450. The predicted octanol–water partition coefficient (Wildman–Crippen LogP) is 4.29. The Morgan fingerprint density at radius 2 is 1.83 bits per heavy atom. The quantitative estimate of drug-likeness (QED) is 0.715. The van der Waals surface area contributed by atoms with Crippen LogP contribution in [0.5, 0.6) is 0 Å². The van der Waals surface area contributed by atoms with Gasteiger partial charge in [-0.2, -0.15) is 0 Å². The standard InChI is InChI=1S/C23H22F2N2O2/c24-17-7-5-15(6-8-17)3-4-16-2-1-11-27(14-16)23(29)20-13-22(28)26-21-10-9-18(25)12-19(20)21/h5-10,12-13,16H,1-4,11,14H2,(H,26,28)/t16-/m1/s1. The second kappa shape index (κ2) is 8.15. The molecule has 6 heteroatoms. The minimum Gasteiger partial charge on any atom is -0.338 e. The number of H-pyrrole nitrogens is 1. The maximum Gasteiger partial charge on any atom is 0.254 e. The molecule has 1 N–H and O–H groups in total. The van der Waals surface area contributed by atoms with Crippen LogP contribution >= 0.6 is 0 Å². The largest absolute Gasteiger partial charge is 0.338 e. The molecule has 3 aromatic rings. The first-order chi connectivity index (χ1) is 14.0. The van der Waals surface area contributed by atoms with Crippen LogP contribution in [0.4, 0.5) is 8.78 Å². The van der Waals surface area contributed by atoms with E-state index in [2.05, 4.69) is 4.98 Å². The molecule has 0 radical (unpaired) electrons. The number of hydrogen-bond acceptors (Lipinski definition) is 2. The number of rotatable bonds is 4. The summed E-state index contributed by atoms with van der Waals surface area (Å²) in [4.78, 5) is 29.5. The number of nitrogens with zero attached hydrogens (tertiary/aromatic N) is 1. The molecule has 0 unspecified atom stereocenters. The van der Waals surface area contributed by atoms with E-state index in [1.165, 1.54) is 36.4 Å². The van der Waals surface area contributed by atoms with Crippen LogP contribution in [0, 0.1) is 17.6 Å². The van der Waals surface area contributed by atoms with E-state index in [0.717, 1.165) is 31.2 Å². The maximum atomic E-state index is 13.7. The lowest BCUT2D eigenvalue weighted by molar-refractivity contribution is 0.0670. The molecule has 1 aliphatic heterocycles. The fourth-order valence-electron chi connectivity index (χ4n) is 4.08. The molecule has 29 heavy (non-hydrogen) atoms. The number of carbonyl (C=O) groups excluding carboxylic acids is 1. The molecule has 150 valence electrons. The van der Waals surface area contributed by atoms with Crippen LogP contribution in [0.3, 0.4) is 0 Å². The molecule has 2 heterocycles. The van der Waals surface area contributed by atoms with Crippen LogP contribution in [0.15, 0.2) is 53.3 Å². The van der Waals surface area contributed by atoms with Crippen molar-refractivity contribution in [2.45, 2.75) is 25.7 Å². The number of aromatic nitrogens is 1. The van der Waals surface area contributed by atoms with Crippen molar-refractivity contribution in [1.29, 1.82) is 0 Å². The summed E-state index contributed by atoms with van der Waals surface area (Å²) in [6.07, 6.45) is 3.64. The van der Waals surface area contributed by atoms with Crippen molar-refractivity contribution >= 4 is 16.8 Å². The molecular weight excluding hydrogens is 374 g/mol. The Morgan fingerprint density at radius 3 is 2.62 bits per heavy atom. The molecule has 2 aromatic carbocycles. The van der Waals surface area contributed by atoms with E-state index in [1.54, 1.807) is 17.0 Å². The van der Waals surface area contributed by atoms with Gasteiger partial charge in [-0.05, 0) is 67.5 Å². The van der Waals surface area contributed by atoms with Crippen LogP contribution < -0.4 is 5.56 Å². The lowest BCUT2D eigenvalue weighted by Gasteiger charge is -2.33. The summed E-state index contributed by atoms with van der Waals surface area (Å²) in [5.74, 6) is -0.597. The number of likely N-dealkylation sites (tertiary alicyclic amines) is 1. The number of carbonyl (C=O) groups is 1. The Bertz CT molecular complexity index is 1090. The third-order valence-electron chi connectivity index (χ3n) is 5.60. The second-order valence-corrected chi connectivity index (χ2v) is 7.66. The fraction of sp³-hybridized carbons (Fsp3) is 0.304. The van der Waals surface area contributed by atoms with Crippen molar-refractivity contribution in [1.82, 2.24) is 9.88 Å². The molecule has 1 aromatic heterocycles. The van der Waals surface area contributed by atoms with Crippen molar-refractivity contribution in [3.63, 3.8) is 0 Å². The van der Waals surface area contributed by atoms with E-state index in [1.807, 2.05) is 0 Å². The molecular formula is C23H22F2N2O2. The Kier molecular flexibility index (Phi) is 5.43. The van der Waals surface area contributed by atoms with Gasteiger partial charge in [0.05, 0.1) is 5.56 Å². The number of aromatic amines is 1. The smallest absolute Gasteiger partial charge is 0.254 e. The average molecular weight is 396 g/mol. The van der Waals surface area contributed by atoms with Crippen LogP contribution in [0.2, 0.25) is 0 Å². The van der Waals surface area contributed by atoms with Crippen LogP contribution in [-0.2, 0) is 6.42 Å². The highest BCUT2D eigenvalue weighted by Crippen LogP contribution is 2.25. The number of fused-ring (bicyclic) bond motifs is 1. The summed E-state index contributed by atoms with van der Waals surface area (Å²) in [5.41, 5.74) is 1.39. The van der Waals surface area contributed by atoms with Gasteiger partial charge in [0.25, 0.3) is 5.91 Å². The van der Waals surface area contributed by atoms with E-state index < -0.39 is 5.82 Å². The molecule has 1 fully saturated rings. The summed E-state index contributed by atoms with van der Waals surface area (Å²) in [6, 6.07) is 11.8. The average Bonchev–Trinajstić information content (AvgIpc) is 2.73. The second-order valence-electron chi connectivity index (χ2n) is 7.66. The first kappa shape index (κ1) is 19.3. The van der Waals surface area contributed by atoms with Gasteiger partial charge in [0, 0.05) is 30.1 Å². The molecule has 0 bridgehead atoms. The number of piperidine rings is 1. The highest BCUT2D eigenvalue weighted by Gasteiger charge is 2.26. The molecule has 4 rings (SSSR count). The van der Waals surface area contributed by atoms with Gasteiger partial charge in [0.2, 0.25) is 5.56 Å². The molecule has 1 aliphatic rings. The van der Waals surface area contributed by atoms with Crippen LogP contribution in [0.25, 0.3) is 10.9 Å². The minimum absolute atomic E-state index is 0.238. The molecule has 0 saturated carbocycles. The summed E-state index contributed by atoms with van der Waals surface area (Å²) < 4.78 is 26.8. The van der Waals surface area contributed by atoms with Crippen LogP contribution in [0.1, 0.15) is 35.2 Å². The Hall–Kier alpha value is -3.02. The van der Waals surface area contributed by atoms with Gasteiger partial charge < -0.3 is 9.88 Å². The Morgan fingerprint density at radius 1 is 1.07 bits per heavy atom. The zero-order valence-corrected chi connectivity index (χ0v) is 16.0. The van der Waals surface area contributed by atoms with Crippen LogP contribution in [-0.4, -0.2) is 28.9 Å². The number of pyridine rings is 1. The van der Waals surface area contributed by atoms with Gasteiger partial charge in [-0.25, -0.2) is 8.78 Å². The number of aryl methyl sites for hydroxylation is 1. The van der Waals surface area contributed by atoms with Crippen molar-refractivity contribution < 1.29 is 13.6 Å². The highest BCUT2D eigenvalue weighted by molar-refractivity contribution is 6.06. The van der Waals surface area contributed by atoms with Gasteiger partial charge in [0.15, 0.2) is 0 Å². The zero-order valence-electron chi connectivity index (χ0n) is 16.0. The zero-order chi connectivity index (χ0) is 20.4. The third-order valence-corrected chi connectivity index (χ3v) is 5.60. The maximum absolute atomic E-state index is 13.7. The topological polar surface area (TPSA) is 53.2 Å². The monoisotopic (exact) mass is 396 g/mol. The Labute approximate surface area is 167 Å². The molecule has 1 amide bonds. The number of benzene rings is 2. The molecule has 4 nitrogen and oxygen atoms in total. The summed E-state index contributed by atoms with van der Waals surface area (Å²) in [5, 5.41) is 0.419. The van der Waals surface area contributed by atoms with Gasteiger partial charge in [0.1, 0.15) is 11.6 Å². The predicted molar refractivity (Wildman–Crippen MR) is 108 cm³/mol. The van der Waals surface area contributed by atoms with Gasteiger partial charge in [-0.1, -0.05) is 12.1 Å². The van der Waals surface area contributed by atoms with Gasteiger partial charge in [-0.3, -0.25) is 9.59 Å². The normalized spacial score (nSPS) is 16.9. The highest BCUT2D eigenvalue weighted by atomic mass is 19.1. The summed E-state index contributed by atoms with van der Waals surface area (Å²) in [6.45, 7) is 1.22. The molecule has 0 aliphatic carbocycles. The molecule has 1 atom stereocenters. The van der Waals surface area contributed by atoms with Gasteiger partial charge in [-0.15, -0.1) is 0 Å². The SMILES string of the molecule is O=C(c1cc(=O)[nH]c2ccc(F)cc12)N1CCC[C@H](CCc2ccc(F)cc2)C1. The van der Waals surface area contributed by atoms with Crippen molar-refractivity contribution in [2.24, 2.45) is 5.92 Å². The Balaban J connectivity index is 1.50. The molecule has 1 saturated heterocycles. The van der Waals surface area contributed by atoms with Crippen molar-refractivity contribution in [2.75, 3.05) is 13.1 Å². The van der Waals surface area contributed by atoms with E-state index in [-0.39, 0.29) is 22.8 Å². The first-order valence-corrected chi connectivity index (χ1v) is 9.86. The van der Waals surface area contributed by atoms with E-state index >= 15 is 0 Å². The number of amides is 1. The van der Waals surface area contributed by atoms with E-state index in [0.29, 0.717) is 29.9 Å². The number of halogens is 2. The summed E-state index contributed by atoms with van der Waals surface area (Å²) in [7, 11) is 0. The number of hydrogen-bond donors (Lipinski definition) is 1. The summed E-state index contributed by atoms with van der Waals surface area (Å²) >= 11 is 0. The van der Waals surface area contributed by atoms with E-state index in [4.69, 9.17) is 0 Å². The lowest BCUT2D eigenvalue weighted by atomic mass is 9.91.